The van der Waals surface area contributed by atoms with E-state index < -0.39 is 11.7 Å². The largest absolute Gasteiger partial charge is 0.443 e. The van der Waals surface area contributed by atoms with Crippen LogP contribution in [-0.2, 0) is 4.74 Å². The summed E-state index contributed by atoms with van der Waals surface area (Å²) in [5.41, 5.74) is 4.99. The first kappa shape index (κ1) is 14.0. The van der Waals surface area contributed by atoms with Crippen LogP contribution in [0.5, 0.6) is 0 Å². The summed E-state index contributed by atoms with van der Waals surface area (Å²) in [6, 6.07) is 4.18. The number of hydrazine groups is 1. The third kappa shape index (κ3) is 5.19. The highest BCUT2D eigenvalue weighted by Gasteiger charge is 2.16. The van der Waals surface area contributed by atoms with Crippen molar-refractivity contribution < 1.29 is 9.53 Å². The summed E-state index contributed by atoms with van der Waals surface area (Å²) in [5.74, 6) is 0. The fourth-order valence-electron chi connectivity index (χ4n) is 1.23. The minimum Gasteiger partial charge on any atom is -0.443 e. The second-order valence-electron chi connectivity index (χ2n) is 4.94. The third-order valence-corrected chi connectivity index (χ3v) is 3.16. The number of rotatable bonds is 3. The zero-order chi connectivity index (χ0) is 13.1. The lowest BCUT2D eigenvalue weighted by Gasteiger charge is -2.21. The fraction of sp³-hybridized carbons (Fsp3) is 0.583. The van der Waals surface area contributed by atoms with E-state index in [1.165, 1.54) is 9.75 Å². The number of carbonyl (C=O) groups excluding carboxylic acids is 1. The summed E-state index contributed by atoms with van der Waals surface area (Å²) in [6.07, 6.45) is -0.461. The van der Waals surface area contributed by atoms with Crippen LogP contribution in [0.1, 0.15) is 43.5 Å². The predicted molar refractivity (Wildman–Crippen MR) is 70.0 cm³/mol. The average Bonchev–Trinajstić information content (AvgIpc) is 2.58. The summed E-state index contributed by atoms with van der Waals surface area (Å²) in [5, 5.41) is 0. The van der Waals surface area contributed by atoms with Crippen LogP contribution in [0.25, 0.3) is 0 Å². The predicted octanol–water partition coefficient (Wildman–Crippen LogP) is 3.15. The Bertz CT molecular complexity index is 382. The molecule has 1 atom stereocenters. The van der Waals surface area contributed by atoms with Gasteiger partial charge in [0.25, 0.3) is 0 Å². The molecule has 2 N–H and O–H groups in total. The summed E-state index contributed by atoms with van der Waals surface area (Å²) in [4.78, 5) is 13.8. The number of amides is 1. The van der Waals surface area contributed by atoms with Gasteiger partial charge in [-0.05, 0) is 46.8 Å². The van der Waals surface area contributed by atoms with Gasteiger partial charge in [0.1, 0.15) is 5.60 Å². The van der Waals surface area contributed by atoms with Crippen LogP contribution in [0, 0.1) is 6.92 Å². The molecule has 1 aromatic rings. The fourth-order valence-corrected chi connectivity index (χ4v) is 2.11. The van der Waals surface area contributed by atoms with E-state index >= 15 is 0 Å². The molecule has 0 aliphatic heterocycles. The molecule has 0 aromatic carbocycles. The number of ether oxygens (including phenoxy) is 1. The molecule has 1 heterocycles. The van der Waals surface area contributed by atoms with Crippen molar-refractivity contribution in [2.45, 2.75) is 46.3 Å². The zero-order valence-electron chi connectivity index (χ0n) is 11.0. The topological polar surface area (TPSA) is 50.4 Å². The number of nitrogens with one attached hydrogen (secondary N) is 2. The van der Waals surface area contributed by atoms with Crippen molar-refractivity contribution in [3.8, 4) is 0 Å². The highest BCUT2D eigenvalue weighted by molar-refractivity contribution is 7.12. The van der Waals surface area contributed by atoms with E-state index in [2.05, 4.69) is 29.9 Å². The highest BCUT2D eigenvalue weighted by Crippen LogP contribution is 2.21. The van der Waals surface area contributed by atoms with E-state index in [9.17, 15) is 4.79 Å². The summed E-state index contributed by atoms with van der Waals surface area (Å²) >= 11 is 1.71. The van der Waals surface area contributed by atoms with Crippen molar-refractivity contribution in [3.63, 3.8) is 0 Å². The monoisotopic (exact) mass is 256 g/mol. The third-order valence-electron chi connectivity index (χ3n) is 1.98. The molecule has 1 rings (SSSR count). The number of hydrogen-bond acceptors (Lipinski definition) is 4. The maximum Gasteiger partial charge on any atom is 0.422 e. The van der Waals surface area contributed by atoms with Gasteiger partial charge in [-0.25, -0.2) is 10.2 Å². The van der Waals surface area contributed by atoms with Crippen LogP contribution in [0.15, 0.2) is 12.1 Å². The smallest absolute Gasteiger partial charge is 0.422 e. The van der Waals surface area contributed by atoms with Gasteiger partial charge < -0.3 is 4.74 Å². The number of aryl methyl sites for hydroxylation is 1. The quantitative estimate of drug-likeness (QED) is 0.817. The molecule has 5 heteroatoms. The Morgan fingerprint density at radius 1 is 1.41 bits per heavy atom. The number of thiophene rings is 1. The van der Waals surface area contributed by atoms with Gasteiger partial charge >= 0.3 is 6.09 Å². The lowest BCUT2D eigenvalue weighted by molar-refractivity contribution is 0.0490. The SMILES string of the molecule is Cc1ccc(C(C)NNC(=O)OC(C)(C)C)s1. The summed E-state index contributed by atoms with van der Waals surface area (Å²) < 4.78 is 5.12. The molecule has 1 amide bonds. The average molecular weight is 256 g/mol. The Hall–Kier alpha value is -1.07. The van der Waals surface area contributed by atoms with Crippen molar-refractivity contribution in [1.82, 2.24) is 10.9 Å². The Balaban J connectivity index is 2.38. The van der Waals surface area contributed by atoms with E-state index in [0.29, 0.717) is 0 Å². The molecule has 0 saturated carbocycles. The Morgan fingerprint density at radius 3 is 2.53 bits per heavy atom. The molecule has 0 spiro atoms. The van der Waals surface area contributed by atoms with Crippen molar-refractivity contribution in [2.75, 3.05) is 0 Å². The molecule has 0 fully saturated rings. The van der Waals surface area contributed by atoms with E-state index in [1.807, 2.05) is 27.7 Å². The van der Waals surface area contributed by atoms with Gasteiger partial charge in [0, 0.05) is 9.75 Å². The molecule has 0 radical (unpaired) electrons. The van der Waals surface area contributed by atoms with E-state index in [1.54, 1.807) is 11.3 Å². The lowest BCUT2D eigenvalue weighted by Crippen LogP contribution is -2.42. The molecule has 0 aliphatic carbocycles. The minimum atomic E-state index is -0.478. The van der Waals surface area contributed by atoms with E-state index in [-0.39, 0.29) is 6.04 Å². The molecule has 4 nitrogen and oxygen atoms in total. The standard InChI is InChI=1S/C12H20N2O2S/c1-8-6-7-10(17-8)9(2)13-14-11(15)16-12(3,4)5/h6-7,9,13H,1-5H3,(H,14,15). The lowest BCUT2D eigenvalue weighted by atomic mass is 10.2. The molecular weight excluding hydrogens is 236 g/mol. The van der Waals surface area contributed by atoms with Gasteiger partial charge in [0.2, 0.25) is 0 Å². The van der Waals surface area contributed by atoms with Crippen molar-refractivity contribution in [1.29, 1.82) is 0 Å². The molecule has 1 unspecified atom stereocenters. The maximum absolute atomic E-state index is 11.4. The van der Waals surface area contributed by atoms with Crippen molar-refractivity contribution in [2.24, 2.45) is 0 Å². The summed E-state index contributed by atoms with van der Waals surface area (Å²) in [7, 11) is 0. The molecular formula is C12H20N2O2S. The van der Waals surface area contributed by atoms with Crippen molar-refractivity contribution >= 4 is 17.4 Å². The first-order valence-corrected chi connectivity index (χ1v) is 6.40. The van der Waals surface area contributed by atoms with Gasteiger partial charge in [0.05, 0.1) is 6.04 Å². The Kier molecular flexibility index (Phi) is 4.54. The first-order chi connectivity index (χ1) is 7.78. The minimum absolute atomic E-state index is 0.0706. The molecule has 96 valence electrons. The van der Waals surface area contributed by atoms with Crippen molar-refractivity contribution in [3.05, 3.63) is 21.9 Å². The molecule has 0 saturated heterocycles. The van der Waals surface area contributed by atoms with Crippen LogP contribution in [0.2, 0.25) is 0 Å². The van der Waals surface area contributed by atoms with Crippen LogP contribution < -0.4 is 10.9 Å². The highest BCUT2D eigenvalue weighted by atomic mass is 32.1. The van der Waals surface area contributed by atoms with Gasteiger partial charge in [-0.2, -0.15) is 0 Å². The molecule has 17 heavy (non-hydrogen) atoms. The van der Waals surface area contributed by atoms with Crippen LogP contribution in [0.4, 0.5) is 4.79 Å². The van der Waals surface area contributed by atoms with Crippen LogP contribution >= 0.6 is 11.3 Å². The van der Waals surface area contributed by atoms with Gasteiger partial charge in [-0.1, -0.05) is 0 Å². The van der Waals surface area contributed by atoms with E-state index in [0.717, 1.165) is 0 Å². The number of hydrogen-bond donors (Lipinski definition) is 2. The Labute approximate surface area is 106 Å². The van der Waals surface area contributed by atoms with Gasteiger partial charge in [0.15, 0.2) is 0 Å². The normalized spacial score (nSPS) is 13.2. The Morgan fingerprint density at radius 2 is 2.06 bits per heavy atom. The van der Waals surface area contributed by atoms with Crippen LogP contribution in [0.3, 0.4) is 0 Å². The maximum atomic E-state index is 11.4. The zero-order valence-corrected chi connectivity index (χ0v) is 11.8. The molecule has 1 aromatic heterocycles. The van der Waals surface area contributed by atoms with Crippen LogP contribution in [-0.4, -0.2) is 11.7 Å². The second kappa shape index (κ2) is 5.51. The number of carbonyl (C=O) groups is 1. The van der Waals surface area contributed by atoms with Gasteiger partial charge in [-0.15, -0.1) is 11.3 Å². The van der Waals surface area contributed by atoms with E-state index in [4.69, 9.17) is 4.74 Å². The molecule has 0 aliphatic rings. The summed E-state index contributed by atoms with van der Waals surface area (Å²) in [6.45, 7) is 9.54. The first-order valence-electron chi connectivity index (χ1n) is 5.59. The molecule has 0 bridgehead atoms. The van der Waals surface area contributed by atoms with Gasteiger partial charge in [-0.3, -0.25) is 5.43 Å². The second-order valence-corrected chi connectivity index (χ2v) is 6.26.